The first-order chi connectivity index (χ1) is 11.2. The first-order valence-electron chi connectivity index (χ1n) is 7.51. The molecular formula is C19H18Cl2FNO. The molecule has 0 aliphatic heterocycles. The van der Waals surface area contributed by atoms with E-state index < -0.39 is 5.82 Å². The molecule has 0 saturated carbocycles. The molecule has 3 aromatic rings. The largest absolute Gasteiger partial charge is 0.460 e. The van der Waals surface area contributed by atoms with Gasteiger partial charge in [-0.15, -0.1) is 12.4 Å². The molecular weight excluding hydrogens is 348 g/mol. The molecule has 0 amide bonds. The number of hydrogen-bond acceptors (Lipinski definition) is 2. The van der Waals surface area contributed by atoms with Gasteiger partial charge in [-0.1, -0.05) is 41.9 Å². The van der Waals surface area contributed by atoms with Crippen LogP contribution in [0, 0.1) is 5.82 Å². The van der Waals surface area contributed by atoms with Gasteiger partial charge in [0.1, 0.15) is 17.3 Å². The average Bonchev–Trinajstić information content (AvgIpc) is 3.04. The van der Waals surface area contributed by atoms with Gasteiger partial charge >= 0.3 is 0 Å². The van der Waals surface area contributed by atoms with Crippen molar-refractivity contribution in [3.8, 4) is 11.3 Å². The monoisotopic (exact) mass is 365 g/mol. The van der Waals surface area contributed by atoms with E-state index in [9.17, 15) is 4.39 Å². The third-order valence-corrected chi connectivity index (χ3v) is 3.89. The fraction of sp³-hybridized carbons (Fsp3) is 0.158. The molecule has 0 spiro atoms. The van der Waals surface area contributed by atoms with E-state index in [2.05, 4.69) is 17.4 Å². The second-order valence-corrected chi connectivity index (χ2v) is 5.71. The van der Waals surface area contributed by atoms with E-state index in [1.807, 2.05) is 30.3 Å². The fourth-order valence-corrected chi connectivity index (χ4v) is 2.55. The van der Waals surface area contributed by atoms with Gasteiger partial charge in [-0.05, 0) is 48.9 Å². The van der Waals surface area contributed by atoms with E-state index in [4.69, 9.17) is 16.0 Å². The highest BCUT2D eigenvalue weighted by atomic mass is 35.5. The normalized spacial score (nSPS) is 10.4. The van der Waals surface area contributed by atoms with Crippen LogP contribution in [0.3, 0.4) is 0 Å². The molecule has 3 rings (SSSR count). The summed E-state index contributed by atoms with van der Waals surface area (Å²) >= 11 is 5.80. The number of hydrogen-bond donors (Lipinski definition) is 1. The zero-order chi connectivity index (χ0) is 16.1. The number of furan rings is 1. The molecule has 2 aromatic carbocycles. The van der Waals surface area contributed by atoms with E-state index in [0.29, 0.717) is 12.3 Å². The lowest BCUT2D eigenvalue weighted by atomic mass is 10.1. The van der Waals surface area contributed by atoms with Gasteiger partial charge in [-0.3, -0.25) is 0 Å². The molecule has 0 unspecified atom stereocenters. The Morgan fingerprint density at radius 2 is 1.79 bits per heavy atom. The van der Waals surface area contributed by atoms with Crippen LogP contribution >= 0.6 is 24.0 Å². The molecule has 1 heterocycles. The summed E-state index contributed by atoms with van der Waals surface area (Å²) in [5, 5.41) is 3.45. The fourth-order valence-electron chi connectivity index (χ4n) is 2.37. The molecule has 1 N–H and O–H groups in total. The summed E-state index contributed by atoms with van der Waals surface area (Å²) < 4.78 is 19.0. The van der Waals surface area contributed by atoms with E-state index in [1.165, 1.54) is 11.6 Å². The maximum absolute atomic E-state index is 13.2. The quantitative estimate of drug-likeness (QED) is 0.584. The van der Waals surface area contributed by atoms with Crippen molar-refractivity contribution in [3.05, 3.63) is 82.8 Å². The van der Waals surface area contributed by atoms with Gasteiger partial charge in [-0.25, -0.2) is 4.39 Å². The summed E-state index contributed by atoms with van der Waals surface area (Å²) in [6, 6.07) is 18.7. The SMILES string of the molecule is Cl.Fc1ccc(-c2ccc(CNCCc3ccccc3)o2)cc1Cl. The Morgan fingerprint density at radius 1 is 1.00 bits per heavy atom. The van der Waals surface area contributed by atoms with Crippen LogP contribution < -0.4 is 5.32 Å². The summed E-state index contributed by atoms with van der Waals surface area (Å²) in [6.07, 6.45) is 0.974. The predicted molar refractivity (Wildman–Crippen MR) is 98.2 cm³/mol. The van der Waals surface area contributed by atoms with Gasteiger partial charge in [0, 0.05) is 5.56 Å². The number of nitrogens with one attached hydrogen (secondary N) is 1. The molecule has 5 heteroatoms. The number of benzene rings is 2. The molecule has 126 valence electrons. The Kier molecular flexibility index (Phi) is 6.85. The molecule has 0 fully saturated rings. The van der Waals surface area contributed by atoms with Crippen molar-refractivity contribution < 1.29 is 8.81 Å². The van der Waals surface area contributed by atoms with Gasteiger partial charge in [0.25, 0.3) is 0 Å². The second-order valence-electron chi connectivity index (χ2n) is 5.31. The van der Waals surface area contributed by atoms with Crippen LogP contribution in [0.15, 0.2) is 65.1 Å². The zero-order valence-corrected chi connectivity index (χ0v) is 14.5. The minimum absolute atomic E-state index is 0. The van der Waals surface area contributed by atoms with Crippen molar-refractivity contribution in [2.75, 3.05) is 6.54 Å². The lowest BCUT2D eigenvalue weighted by Gasteiger charge is -2.03. The van der Waals surface area contributed by atoms with Crippen LogP contribution in [-0.2, 0) is 13.0 Å². The van der Waals surface area contributed by atoms with Gasteiger partial charge in [-0.2, -0.15) is 0 Å². The topological polar surface area (TPSA) is 25.2 Å². The van der Waals surface area contributed by atoms with Crippen LogP contribution in [0.5, 0.6) is 0 Å². The van der Waals surface area contributed by atoms with Gasteiger partial charge < -0.3 is 9.73 Å². The minimum atomic E-state index is -0.426. The van der Waals surface area contributed by atoms with E-state index in [0.717, 1.165) is 24.3 Å². The smallest absolute Gasteiger partial charge is 0.141 e. The molecule has 24 heavy (non-hydrogen) atoms. The lowest BCUT2D eigenvalue weighted by molar-refractivity contribution is 0.494. The minimum Gasteiger partial charge on any atom is -0.460 e. The van der Waals surface area contributed by atoms with Crippen LogP contribution in [-0.4, -0.2) is 6.54 Å². The van der Waals surface area contributed by atoms with E-state index >= 15 is 0 Å². The van der Waals surface area contributed by atoms with E-state index in [-0.39, 0.29) is 17.4 Å². The Balaban J connectivity index is 0.00000208. The van der Waals surface area contributed by atoms with Crippen LogP contribution in [0.1, 0.15) is 11.3 Å². The van der Waals surface area contributed by atoms with Gasteiger partial charge in [0.2, 0.25) is 0 Å². The van der Waals surface area contributed by atoms with Crippen LogP contribution in [0.2, 0.25) is 5.02 Å². The van der Waals surface area contributed by atoms with Crippen LogP contribution in [0.4, 0.5) is 4.39 Å². The Bertz CT molecular complexity index is 774. The molecule has 0 radical (unpaired) electrons. The van der Waals surface area contributed by atoms with Crippen molar-refractivity contribution in [1.29, 1.82) is 0 Å². The molecule has 0 bridgehead atoms. The van der Waals surface area contributed by atoms with Crippen molar-refractivity contribution in [3.63, 3.8) is 0 Å². The van der Waals surface area contributed by atoms with Gasteiger partial charge in [0.15, 0.2) is 0 Å². The summed E-state index contributed by atoms with van der Waals surface area (Å²) in [6.45, 7) is 1.53. The predicted octanol–water partition coefficient (Wildman–Crippen LogP) is 5.49. The van der Waals surface area contributed by atoms with Crippen molar-refractivity contribution >= 4 is 24.0 Å². The number of rotatable bonds is 6. The summed E-state index contributed by atoms with van der Waals surface area (Å²) in [4.78, 5) is 0. The summed E-state index contributed by atoms with van der Waals surface area (Å²) in [5.41, 5.74) is 2.08. The maximum atomic E-state index is 13.2. The Labute approximate surface area is 152 Å². The highest BCUT2D eigenvalue weighted by Gasteiger charge is 2.07. The Morgan fingerprint density at radius 3 is 2.54 bits per heavy atom. The first kappa shape index (κ1) is 18.5. The molecule has 0 aliphatic carbocycles. The standard InChI is InChI=1S/C19H17ClFNO.ClH/c20-17-12-15(6-8-18(17)21)19-9-7-16(23-19)13-22-11-10-14-4-2-1-3-5-14;/h1-9,12,22H,10-11,13H2;1H. The van der Waals surface area contributed by atoms with Gasteiger partial charge in [0.05, 0.1) is 11.6 Å². The van der Waals surface area contributed by atoms with Crippen molar-refractivity contribution in [2.45, 2.75) is 13.0 Å². The average molecular weight is 366 g/mol. The first-order valence-corrected chi connectivity index (χ1v) is 7.89. The lowest BCUT2D eigenvalue weighted by Crippen LogP contribution is -2.16. The molecule has 0 saturated heterocycles. The highest BCUT2D eigenvalue weighted by molar-refractivity contribution is 6.31. The van der Waals surface area contributed by atoms with E-state index in [1.54, 1.807) is 12.1 Å². The highest BCUT2D eigenvalue weighted by Crippen LogP contribution is 2.26. The second kappa shape index (κ2) is 8.88. The van der Waals surface area contributed by atoms with Crippen molar-refractivity contribution in [1.82, 2.24) is 5.32 Å². The van der Waals surface area contributed by atoms with Crippen molar-refractivity contribution in [2.24, 2.45) is 0 Å². The molecule has 2 nitrogen and oxygen atoms in total. The third kappa shape index (κ3) is 4.84. The maximum Gasteiger partial charge on any atom is 0.141 e. The summed E-state index contributed by atoms with van der Waals surface area (Å²) in [7, 11) is 0. The number of halogens is 3. The van der Waals surface area contributed by atoms with Crippen LogP contribution in [0.25, 0.3) is 11.3 Å². The molecule has 0 atom stereocenters. The summed E-state index contributed by atoms with van der Waals surface area (Å²) in [5.74, 6) is 1.10. The Hall–Kier alpha value is -1.81. The molecule has 1 aromatic heterocycles. The molecule has 0 aliphatic rings. The zero-order valence-electron chi connectivity index (χ0n) is 13.0. The third-order valence-electron chi connectivity index (χ3n) is 3.60.